The Morgan fingerprint density at radius 1 is 0.933 bits per heavy atom. The maximum absolute atomic E-state index is 13.5. The number of hydrogen-bond donors (Lipinski definition) is 0. The summed E-state index contributed by atoms with van der Waals surface area (Å²) in [6.45, 7) is 8.39. The van der Waals surface area contributed by atoms with Gasteiger partial charge in [0.2, 0.25) is 0 Å². The summed E-state index contributed by atoms with van der Waals surface area (Å²) in [5.74, 6) is 0.366. The van der Waals surface area contributed by atoms with Gasteiger partial charge in [-0.25, -0.2) is 0 Å². The third-order valence-corrected chi connectivity index (χ3v) is 6.36. The monoisotopic (exact) mass is 402 g/mol. The van der Waals surface area contributed by atoms with Crippen molar-refractivity contribution in [3.63, 3.8) is 0 Å². The van der Waals surface area contributed by atoms with Gasteiger partial charge < -0.3 is 4.90 Å². The van der Waals surface area contributed by atoms with Gasteiger partial charge in [-0.05, 0) is 55.7 Å². The summed E-state index contributed by atoms with van der Waals surface area (Å²) in [4.78, 5) is 30.6. The fourth-order valence-corrected chi connectivity index (χ4v) is 4.51. The van der Waals surface area contributed by atoms with E-state index in [0.29, 0.717) is 30.2 Å². The van der Waals surface area contributed by atoms with E-state index in [-0.39, 0.29) is 11.8 Å². The molecule has 156 valence electrons. The molecule has 4 nitrogen and oxygen atoms in total. The summed E-state index contributed by atoms with van der Waals surface area (Å²) < 4.78 is 0. The van der Waals surface area contributed by atoms with E-state index in [0.717, 1.165) is 48.2 Å². The van der Waals surface area contributed by atoms with Gasteiger partial charge in [0.05, 0.1) is 5.57 Å². The van der Waals surface area contributed by atoms with Gasteiger partial charge in [-0.2, -0.15) is 0 Å². The van der Waals surface area contributed by atoms with Crippen LogP contribution < -0.4 is 0 Å². The van der Waals surface area contributed by atoms with Crippen LogP contribution in [0.15, 0.2) is 54.2 Å². The van der Waals surface area contributed by atoms with Gasteiger partial charge in [0, 0.05) is 19.6 Å². The molecule has 2 aromatic carbocycles. The summed E-state index contributed by atoms with van der Waals surface area (Å²) in [5, 5.41) is 0. The molecule has 0 spiro atoms. The zero-order valence-electron chi connectivity index (χ0n) is 18.1. The van der Waals surface area contributed by atoms with Crippen LogP contribution in [0.3, 0.4) is 0 Å². The van der Waals surface area contributed by atoms with E-state index in [9.17, 15) is 9.59 Å². The average molecular weight is 403 g/mol. The minimum absolute atomic E-state index is 0.138. The molecule has 4 heteroatoms. The van der Waals surface area contributed by atoms with E-state index in [1.807, 2.05) is 56.3 Å². The van der Waals surface area contributed by atoms with Gasteiger partial charge in [-0.15, -0.1) is 0 Å². The van der Waals surface area contributed by atoms with Crippen LogP contribution in [-0.2, 0) is 16.0 Å². The predicted octanol–water partition coefficient (Wildman–Crippen LogP) is 4.36. The van der Waals surface area contributed by atoms with Crippen molar-refractivity contribution in [2.75, 3.05) is 19.6 Å². The van der Waals surface area contributed by atoms with E-state index in [1.165, 1.54) is 4.90 Å². The molecule has 0 bridgehead atoms. The summed E-state index contributed by atoms with van der Waals surface area (Å²) in [5.41, 5.74) is 5.40. The second kappa shape index (κ2) is 8.47. The van der Waals surface area contributed by atoms with Crippen LogP contribution in [0, 0.1) is 19.8 Å². The molecule has 0 saturated carbocycles. The van der Waals surface area contributed by atoms with E-state index < -0.39 is 0 Å². The van der Waals surface area contributed by atoms with Crippen LogP contribution in [0.4, 0.5) is 0 Å². The highest BCUT2D eigenvalue weighted by atomic mass is 16.2. The van der Waals surface area contributed by atoms with Crippen LogP contribution in [0.25, 0.3) is 5.57 Å². The summed E-state index contributed by atoms with van der Waals surface area (Å²) in [7, 11) is 0. The first-order valence-electron chi connectivity index (χ1n) is 10.9. The lowest BCUT2D eigenvalue weighted by molar-refractivity contribution is -0.137. The first-order chi connectivity index (χ1) is 14.5. The molecule has 1 fully saturated rings. The van der Waals surface area contributed by atoms with Gasteiger partial charge in [-0.3, -0.25) is 14.5 Å². The maximum atomic E-state index is 13.5. The Kier molecular flexibility index (Phi) is 5.76. The molecule has 0 radical (unpaired) electrons. The van der Waals surface area contributed by atoms with Crippen molar-refractivity contribution in [2.24, 2.45) is 5.92 Å². The summed E-state index contributed by atoms with van der Waals surface area (Å²) in [6, 6.07) is 16.1. The Morgan fingerprint density at radius 2 is 1.63 bits per heavy atom. The number of nitrogens with zero attached hydrogens (tertiary/aromatic N) is 2. The van der Waals surface area contributed by atoms with Gasteiger partial charge in [0.15, 0.2) is 0 Å². The highest BCUT2D eigenvalue weighted by Crippen LogP contribution is 2.35. The molecule has 2 aromatic rings. The molecule has 30 heavy (non-hydrogen) atoms. The largest absolute Gasteiger partial charge is 0.366 e. The van der Waals surface area contributed by atoms with Crippen LogP contribution in [0.1, 0.15) is 42.0 Å². The Hall–Kier alpha value is -2.88. The molecule has 0 aliphatic carbocycles. The molecule has 0 aromatic heterocycles. The van der Waals surface area contributed by atoms with Gasteiger partial charge in [-0.1, -0.05) is 61.0 Å². The number of benzene rings is 2. The summed E-state index contributed by atoms with van der Waals surface area (Å²) >= 11 is 0. The van der Waals surface area contributed by atoms with Crippen LogP contribution in [0.5, 0.6) is 0 Å². The molecular formula is C26H30N2O2. The second-order valence-corrected chi connectivity index (χ2v) is 8.71. The standard InChI is InChI=1S/C26H30N2O2/c1-18-11-14-27(15-12-18)24-23(22-10-9-19(2)17-20(22)3)25(29)28(26(24)30)16-13-21-7-5-4-6-8-21/h4-10,17-18H,11-16H2,1-3H3. The molecular weight excluding hydrogens is 372 g/mol. The molecule has 1 saturated heterocycles. The lowest BCUT2D eigenvalue weighted by Crippen LogP contribution is -2.39. The lowest BCUT2D eigenvalue weighted by atomic mass is 9.95. The maximum Gasteiger partial charge on any atom is 0.277 e. The van der Waals surface area contributed by atoms with Crippen molar-refractivity contribution in [1.29, 1.82) is 0 Å². The molecule has 0 N–H and O–H groups in total. The number of hydrogen-bond acceptors (Lipinski definition) is 3. The molecule has 2 amide bonds. The predicted molar refractivity (Wildman–Crippen MR) is 120 cm³/mol. The van der Waals surface area contributed by atoms with Gasteiger partial charge in [0.25, 0.3) is 11.8 Å². The summed E-state index contributed by atoms with van der Waals surface area (Å²) in [6.07, 6.45) is 2.77. The molecule has 2 heterocycles. The molecule has 2 aliphatic rings. The van der Waals surface area contributed by atoms with E-state index in [1.54, 1.807) is 0 Å². The van der Waals surface area contributed by atoms with Crippen LogP contribution in [-0.4, -0.2) is 41.2 Å². The van der Waals surface area contributed by atoms with Crippen molar-refractivity contribution in [2.45, 2.75) is 40.0 Å². The smallest absolute Gasteiger partial charge is 0.277 e. The molecule has 2 aliphatic heterocycles. The zero-order chi connectivity index (χ0) is 21.3. The fourth-order valence-electron chi connectivity index (χ4n) is 4.51. The number of amides is 2. The molecule has 0 unspecified atom stereocenters. The number of piperidine rings is 1. The number of rotatable bonds is 5. The zero-order valence-corrected chi connectivity index (χ0v) is 18.1. The fraction of sp³-hybridized carbons (Fsp3) is 0.385. The van der Waals surface area contributed by atoms with E-state index >= 15 is 0 Å². The minimum Gasteiger partial charge on any atom is -0.366 e. The van der Waals surface area contributed by atoms with Crippen molar-refractivity contribution >= 4 is 17.4 Å². The van der Waals surface area contributed by atoms with Gasteiger partial charge in [0.1, 0.15) is 5.70 Å². The number of imide groups is 1. The number of carbonyl (C=O) groups excluding carboxylic acids is 2. The SMILES string of the molecule is Cc1ccc(C2=C(N3CCC(C)CC3)C(=O)N(CCc3ccccc3)C2=O)c(C)c1. The second-order valence-electron chi connectivity index (χ2n) is 8.71. The van der Waals surface area contributed by atoms with Crippen molar-refractivity contribution in [3.8, 4) is 0 Å². The topological polar surface area (TPSA) is 40.6 Å². The Morgan fingerprint density at radius 3 is 2.30 bits per heavy atom. The first-order valence-corrected chi connectivity index (χ1v) is 10.9. The van der Waals surface area contributed by atoms with Crippen LogP contribution >= 0.6 is 0 Å². The first kappa shape index (κ1) is 20.4. The average Bonchev–Trinajstić information content (AvgIpc) is 2.98. The van der Waals surface area contributed by atoms with E-state index in [4.69, 9.17) is 0 Å². The highest BCUT2D eigenvalue weighted by molar-refractivity contribution is 6.35. The Bertz CT molecular complexity index is 985. The Labute approximate surface area is 179 Å². The Balaban J connectivity index is 1.69. The third-order valence-electron chi connectivity index (χ3n) is 6.36. The normalized spacial score (nSPS) is 18.0. The highest BCUT2D eigenvalue weighted by Gasteiger charge is 2.42. The lowest BCUT2D eigenvalue weighted by Gasteiger charge is -2.32. The van der Waals surface area contributed by atoms with Crippen molar-refractivity contribution in [1.82, 2.24) is 9.80 Å². The van der Waals surface area contributed by atoms with Crippen LogP contribution in [0.2, 0.25) is 0 Å². The number of carbonyl (C=O) groups is 2. The number of likely N-dealkylation sites (tertiary alicyclic amines) is 1. The number of aryl methyl sites for hydroxylation is 2. The quantitative estimate of drug-likeness (QED) is 0.698. The van der Waals surface area contributed by atoms with Crippen molar-refractivity contribution < 1.29 is 9.59 Å². The van der Waals surface area contributed by atoms with Gasteiger partial charge >= 0.3 is 0 Å². The molecule has 0 atom stereocenters. The third kappa shape index (κ3) is 3.91. The molecule has 4 rings (SSSR count). The minimum atomic E-state index is -0.156. The van der Waals surface area contributed by atoms with E-state index in [2.05, 4.69) is 17.9 Å². The van der Waals surface area contributed by atoms with Crippen molar-refractivity contribution in [3.05, 3.63) is 76.5 Å².